The Hall–Kier alpha value is -1.42. The molecule has 0 unspecified atom stereocenters. The van der Waals surface area contributed by atoms with Gasteiger partial charge in [-0.2, -0.15) is 0 Å². The van der Waals surface area contributed by atoms with E-state index in [1.807, 2.05) is 0 Å². The molecule has 0 atom stereocenters. The summed E-state index contributed by atoms with van der Waals surface area (Å²) in [6, 6.07) is 1.28. The summed E-state index contributed by atoms with van der Waals surface area (Å²) < 4.78 is 17.5. The SMILES string of the molecule is Fc1cc(-c2cnoc2)cnc1Cl. The lowest BCUT2D eigenvalue weighted by molar-refractivity contribution is 0.420. The van der Waals surface area contributed by atoms with Gasteiger partial charge in [0, 0.05) is 17.3 Å². The lowest BCUT2D eigenvalue weighted by Crippen LogP contribution is -1.83. The maximum Gasteiger partial charge on any atom is 0.164 e. The van der Waals surface area contributed by atoms with E-state index in [0.717, 1.165) is 0 Å². The summed E-state index contributed by atoms with van der Waals surface area (Å²) in [5.74, 6) is -0.555. The van der Waals surface area contributed by atoms with Crippen LogP contribution in [0, 0.1) is 5.82 Å². The van der Waals surface area contributed by atoms with Crippen molar-refractivity contribution in [2.24, 2.45) is 0 Å². The van der Waals surface area contributed by atoms with Gasteiger partial charge in [0.25, 0.3) is 0 Å². The third-order valence-electron chi connectivity index (χ3n) is 1.56. The highest BCUT2D eigenvalue weighted by atomic mass is 35.5. The number of hydrogen-bond donors (Lipinski definition) is 0. The molecule has 0 bridgehead atoms. The molecule has 0 aliphatic rings. The zero-order chi connectivity index (χ0) is 9.26. The second-order valence-corrected chi connectivity index (χ2v) is 2.77. The molecule has 0 N–H and O–H groups in total. The molecule has 0 radical (unpaired) electrons. The molecule has 0 aliphatic heterocycles. The van der Waals surface area contributed by atoms with E-state index in [0.29, 0.717) is 11.1 Å². The maximum atomic E-state index is 12.9. The van der Waals surface area contributed by atoms with Crippen LogP contribution in [0.3, 0.4) is 0 Å². The van der Waals surface area contributed by atoms with Crippen LogP contribution in [0.25, 0.3) is 11.1 Å². The monoisotopic (exact) mass is 198 g/mol. The number of hydrogen-bond acceptors (Lipinski definition) is 3. The Kier molecular flexibility index (Phi) is 1.98. The van der Waals surface area contributed by atoms with E-state index in [1.54, 1.807) is 0 Å². The van der Waals surface area contributed by atoms with Crippen molar-refractivity contribution in [3.05, 3.63) is 35.7 Å². The summed E-state index contributed by atoms with van der Waals surface area (Å²) in [6.07, 6.45) is 4.34. The maximum absolute atomic E-state index is 12.9. The van der Waals surface area contributed by atoms with Gasteiger partial charge in [0.05, 0.1) is 6.20 Å². The van der Waals surface area contributed by atoms with Crippen LogP contribution >= 0.6 is 11.6 Å². The summed E-state index contributed by atoms with van der Waals surface area (Å²) in [4.78, 5) is 3.66. The van der Waals surface area contributed by atoms with Gasteiger partial charge in [-0.3, -0.25) is 0 Å². The van der Waals surface area contributed by atoms with Gasteiger partial charge in [-0.25, -0.2) is 9.37 Å². The van der Waals surface area contributed by atoms with Gasteiger partial charge in [0.2, 0.25) is 0 Å². The Bertz CT molecular complexity index is 416. The second kappa shape index (κ2) is 3.14. The molecule has 0 fully saturated rings. The van der Waals surface area contributed by atoms with Crippen LogP contribution in [-0.2, 0) is 0 Å². The van der Waals surface area contributed by atoms with Crippen molar-refractivity contribution in [1.82, 2.24) is 10.1 Å². The third kappa shape index (κ3) is 1.53. The normalized spacial score (nSPS) is 10.3. The van der Waals surface area contributed by atoms with E-state index in [-0.39, 0.29) is 5.15 Å². The van der Waals surface area contributed by atoms with E-state index < -0.39 is 5.82 Å². The fraction of sp³-hybridized carbons (Fsp3) is 0. The first kappa shape index (κ1) is 8.19. The number of rotatable bonds is 1. The van der Waals surface area contributed by atoms with Crippen LogP contribution in [0.4, 0.5) is 4.39 Å². The van der Waals surface area contributed by atoms with Crippen LogP contribution < -0.4 is 0 Å². The van der Waals surface area contributed by atoms with Gasteiger partial charge < -0.3 is 4.52 Å². The summed E-state index contributed by atoms with van der Waals surface area (Å²) in [6.45, 7) is 0. The molecule has 2 rings (SSSR count). The van der Waals surface area contributed by atoms with E-state index in [2.05, 4.69) is 14.7 Å². The van der Waals surface area contributed by atoms with Crippen molar-refractivity contribution in [2.75, 3.05) is 0 Å². The zero-order valence-electron chi connectivity index (χ0n) is 6.37. The fourth-order valence-corrected chi connectivity index (χ4v) is 1.03. The molecule has 0 saturated heterocycles. The molecule has 0 aromatic carbocycles. The molecule has 5 heteroatoms. The van der Waals surface area contributed by atoms with E-state index in [4.69, 9.17) is 11.6 Å². The smallest absolute Gasteiger partial charge is 0.164 e. The Labute approximate surface area is 78.1 Å². The average Bonchev–Trinajstić information content (AvgIpc) is 2.62. The lowest BCUT2D eigenvalue weighted by Gasteiger charge is -1.96. The summed E-state index contributed by atoms with van der Waals surface area (Å²) >= 11 is 5.42. The number of pyridine rings is 1. The minimum atomic E-state index is -0.555. The van der Waals surface area contributed by atoms with E-state index >= 15 is 0 Å². The lowest BCUT2D eigenvalue weighted by atomic mass is 10.2. The predicted molar refractivity (Wildman–Crippen MR) is 44.7 cm³/mol. The highest BCUT2D eigenvalue weighted by Gasteiger charge is 2.05. The van der Waals surface area contributed by atoms with Crippen LogP contribution in [0.1, 0.15) is 0 Å². The third-order valence-corrected chi connectivity index (χ3v) is 1.84. The van der Waals surface area contributed by atoms with Gasteiger partial charge in [0.15, 0.2) is 11.0 Å². The molecule has 2 aromatic rings. The first-order chi connectivity index (χ1) is 6.27. The van der Waals surface area contributed by atoms with Gasteiger partial charge in [-0.15, -0.1) is 0 Å². The molecule has 0 aliphatic carbocycles. The molecule has 13 heavy (non-hydrogen) atoms. The summed E-state index contributed by atoms with van der Waals surface area (Å²) in [5, 5.41) is 3.35. The highest BCUT2D eigenvalue weighted by Crippen LogP contribution is 2.21. The van der Waals surface area contributed by atoms with Gasteiger partial charge >= 0.3 is 0 Å². The summed E-state index contributed by atoms with van der Waals surface area (Å²) in [5.41, 5.74) is 1.26. The van der Waals surface area contributed by atoms with Gasteiger partial charge in [-0.1, -0.05) is 16.8 Å². The minimum absolute atomic E-state index is 0.139. The van der Waals surface area contributed by atoms with E-state index in [1.165, 1.54) is 24.7 Å². The molecular weight excluding hydrogens is 195 g/mol. The van der Waals surface area contributed by atoms with Crippen LogP contribution in [0.15, 0.2) is 29.2 Å². The quantitative estimate of drug-likeness (QED) is 0.661. The first-order valence-corrected chi connectivity index (χ1v) is 3.86. The Balaban J connectivity index is 2.49. The van der Waals surface area contributed by atoms with Crippen LogP contribution in [0.2, 0.25) is 5.15 Å². The Morgan fingerprint density at radius 2 is 2.15 bits per heavy atom. The first-order valence-electron chi connectivity index (χ1n) is 3.48. The predicted octanol–water partition coefficient (Wildman–Crippen LogP) is 2.53. The van der Waals surface area contributed by atoms with Crippen LogP contribution in [-0.4, -0.2) is 10.1 Å². The molecule has 0 amide bonds. The van der Waals surface area contributed by atoms with Crippen molar-refractivity contribution < 1.29 is 8.91 Å². The molecule has 3 nitrogen and oxygen atoms in total. The molecular formula is C8H4ClFN2O. The second-order valence-electron chi connectivity index (χ2n) is 2.41. The number of aromatic nitrogens is 2. The zero-order valence-corrected chi connectivity index (χ0v) is 7.12. The molecule has 66 valence electrons. The highest BCUT2D eigenvalue weighted by molar-refractivity contribution is 6.29. The molecule has 0 spiro atoms. The van der Waals surface area contributed by atoms with Crippen molar-refractivity contribution in [3.63, 3.8) is 0 Å². The van der Waals surface area contributed by atoms with Crippen molar-refractivity contribution in [1.29, 1.82) is 0 Å². The fourth-order valence-electron chi connectivity index (χ4n) is 0.927. The number of nitrogens with zero attached hydrogens (tertiary/aromatic N) is 2. The Morgan fingerprint density at radius 1 is 1.31 bits per heavy atom. The van der Waals surface area contributed by atoms with Crippen molar-refractivity contribution in [3.8, 4) is 11.1 Å². The van der Waals surface area contributed by atoms with Crippen molar-refractivity contribution in [2.45, 2.75) is 0 Å². The summed E-state index contributed by atoms with van der Waals surface area (Å²) in [7, 11) is 0. The topological polar surface area (TPSA) is 38.9 Å². The molecule has 2 heterocycles. The number of halogens is 2. The van der Waals surface area contributed by atoms with Crippen LogP contribution in [0.5, 0.6) is 0 Å². The largest absolute Gasteiger partial charge is 0.364 e. The minimum Gasteiger partial charge on any atom is -0.364 e. The average molecular weight is 199 g/mol. The van der Waals surface area contributed by atoms with E-state index in [9.17, 15) is 4.39 Å². The standard InChI is InChI=1S/C8H4ClFN2O/c9-8-7(10)1-5(2-11-8)6-3-12-13-4-6/h1-4H. The van der Waals surface area contributed by atoms with Crippen molar-refractivity contribution >= 4 is 11.6 Å². The van der Waals surface area contributed by atoms with Gasteiger partial charge in [-0.05, 0) is 6.07 Å². The van der Waals surface area contributed by atoms with Gasteiger partial charge in [0.1, 0.15) is 6.26 Å². The molecule has 2 aromatic heterocycles. The molecule has 0 saturated carbocycles. The Morgan fingerprint density at radius 3 is 2.77 bits per heavy atom.